The molecule has 0 fully saturated rings. The zero-order valence-electron chi connectivity index (χ0n) is 32.0. The third kappa shape index (κ3) is 39.7. The van der Waals surface area contributed by atoms with Crippen molar-refractivity contribution in [2.24, 2.45) is 0 Å². The Morgan fingerprint density at radius 2 is 0.857 bits per heavy atom. The Morgan fingerprint density at radius 3 is 1.37 bits per heavy atom. The fraction of sp³-hybridized carbons (Fsp3) is 0.689. The molecule has 0 aromatic carbocycles. The van der Waals surface area contributed by atoms with Crippen molar-refractivity contribution in [3.63, 3.8) is 0 Å². The summed E-state index contributed by atoms with van der Waals surface area (Å²) in [6, 6.07) is 0. The van der Waals surface area contributed by atoms with Crippen molar-refractivity contribution < 1.29 is 19.4 Å². The molecule has 0 aliphatic heterocycles. The normalized spacial score (nSPS) is 13.0. The predicted octanol–water partition coefficient (Wildman–Crippen LogP) is 14.3. The van der Waals surface area contributed by atoms with E-state index in [9.17, 15) is 9.59 Å². The van der Waals surface area contributed by atoms with Gasteiger partial charge in [-0.1, -0.05) is 145 Å². The van der Waals surface area contributed by atoms with Gasteiger partial charge in [0.15, 0.2) is 0 Å². The van der Waals surface area contributed by atoms with Gasteiger partial charge in [0.2, 0.25) is 0 Å². The summed E-state index contributed by atoms with van der Waals surface area (Å²) in [7, 11) is 0. The molecule has 280 valence electrons. The first kappa shape index (κ1) is 46.4. The molecule has 1 atom stereocenters. The molecule has 4 heteroatoms. The Bertz CT molecular complexity index is 907. The van der Waals surface area contributed by atoms with E-state index in [1.807, 2.05) is 0 Å². The number of ether oxygens (including phenoxy) is 1. The molecule has 0 spiro atoms. The summed E-state index contributed by atoms with van der Waals surface area (Å²) < 4.78 is 5.99. The maximum atomic E-state index is 12.7. The largest absolute Gasteiger partial charge is 0.481 e. The molecule has 49 heavy (non-hydrogen) atoms. The smallest absolute Gasteiger partial charge is 0.306 e. The van der Waals surface area contributed by atoms with Gasteiger partial charge in [0, 0.05) is 12.8 Å². The van der Waals surface area contributed by atoms with Crippen LogP contribution in [0, 0.1) is 0 Å². The minimum atomic E-state index is -0.711. The number of carboxylic acids is 1. The Hall–Kier alpha value is -2.62. The average Bonchev–Trinajstić information content (AvgIpc) is 3.09. The Kier molecular flexibility index (Phi) is 37.7. The lowest BCUT2D eigenvalue weighted by Crippen LogP contribution is -2.18. The highest BCUT2D eigenvalue weighted by atomic mass is 16.5. The van der Waals surface area contributed by atoms with Gasteiger partial charge in [-0.25, -0.2) is 0 Å². The number of aliphatic carboxylic acids is 1. The second-order valence-electron chi connectivity index (χ2n) is 13.4. The van der Waals surface area contributed by atoms with Crippen LogP contribution in [0.1, 0.15) is 194 Å². The lowest BCUT2D eigenvalue weighted by molar-refractivity contribution is -0.150. The molecule has 1 unspecified atom stereocenters. The van der Waals surface area contributed by atoms with Gasteiger partial charge < -0.3 is 9.84 Å². The third-order valence-electron chi connectivity index (χ3n) is 8.66. The molecule has 0 heterocycles. The summed E-state index contributed by atoms with van der Waals surface area (Å²) in [6.07, 6.45) is 56.3. The van der Waals surface area contributed by atoms with Crippen molar-refractivity contribution >= 4 is 11.9 Å². The van der Waals surface area contributed by atoms with Crippen molar-refractivity contribution in [2.75, 3.05) is 0 Å². The number of carbonyl (C=O) groups is 2. The molecule has 0 aliphatic rings. The van der Waals surface area contributed by atoms with Gasteiger partial charge in [0.1, 0.15) is 6.10 Å². The van der Waals surface area contributed by atoms with Crippen molar-refractivity contribution in [1.82, 2.24) is 0 Å². The van der Waals surface area contributed by atoms with Crippen molar-refractivity contribution in [3.8, 4) is 0 Å². The van der Waals surface area contributed by atoms with Crippen LogP contribution in [0.25, 0.3) is 0 Å². The summed E-state index contributed by atoms with van der Waals surface area (Å²) >= 11 is 0. The van der Waals surface area contributed by atoms with Crippen molar-refractivity contribution in [1.29, 1.82) is 0 Å². The highest BCUT2D eigenvalue weighted by Gasteiger charge is 2.14. The van der Waals surface area contributed by atoms with E-state index in [1.54, 1.807) is 0 Å². The summed E-state index contributed by atoms with van der Waals surface area (Å²) in [5, 5.41) is 8.83. The van der Waals surface area contributed by atoms with E-state index in [1.165, 1.54) is 51.4 Å². The molecule has 0 saturated heterocycles. The van der Waals surface area contributed by atoms with E-state index in [2.05, 4.69) is 86.8 Å². The Labute approximate surface area is 303 Å². The zero-order valence-corrected chi connectivity index (χ0v) is 32.0. The molecule has 1 N–H and O–H groups in total. The maximum Gasteiger partial charge on any atom is 0.306 e. The molecule has 0 aromatic heterocycles. The molecule has 0 aliphatic carbocycles. The minimum absolute atomic E-state index is 0.00615. The van der Waals surface area contributed by atoms with Crippen LogP contribution in [0.5, 0.6) is 0 Å². The minimum Gasteiger partial charge on any atom is -0.481 e. The second-order valence-corrected chi connectivity index (χ2v) is 13.4. The Morgan fingerprint density at radius 1 is 0.469 bits per heavy atom. The number of carbonyl (C=O) groups excluding carboxylic acids is 1. The van der Waals surface area contributed by atoms with E-state index in [-0.39, 0.29) is 18.5 Å². The van der Waals surface area contributed by atoms with E-state index < -0.39 is 5.97 Å². The van der Waals surface area contributed by atoms with Crippen LogP contribution in [0.2, 0.25) is 0 Å². The summed E-state index contributed by atoms with van der Waals surface area (Å²) in [4.78, 5) is 23.4. The molecular weight excluding hydrogens is 604 g/mol. The number of unbranched alkanes of at least 4 members (excludes halogenated alkanes) is 15. The first-order valence-corrected chi connectivity index (χ1v) is 20.4. The molecular formula is C45H76O4. The van der Waals surface area contributed by atoms with Gasteiger partial charge in [-0.3, -0.25) is 9.59 Å². The predicted molar refractivity (Wildman–Crippen MR) is 213 cm³/mol. The number of esters is 1. The lowest BCUT2D eigenvalue weighted by atomic mass is 10.0. The quantitative estimate of drug-likeness (QED) is 0.0406. The van der Waals surface area contributed by atoms with E-state index in [0.717, 1.165) is 116 Å². The number of hydrogen-bond donors (Lipinski definition) is 1. The molecule has 0 radical (unpaired) electrons. The Balaban J connectivity index is 4.18. The lowest BCUT2D eigenvalue weighted by Gasteiger charge is -2.18. The number of carboxylic acid groups (broad SMARTS) is 1. The summed E-state index contributed by atoms with van der Waals surface area (Å²) in [5.74, 6) is -0.747. The van der Waals surface area contributed by atoms with Crippen LogP contribution >= 0.6 is 0 Å². The number of allylic oxidation sites excluding steroid dienone is 12. The van der Waals surface area contributed by atoms with E-state index in [4.69, 9.17) is 9.84 Å². The van der Waals surface area contributed by atoms with Crippen LogP contribution < -0.4 is 0 Å². The first-order valence-electron chi connectivity index (χ1n) is 20.4. The molecule has 0 amide bonds. The zero-order chi connectivity index (χ0) is 35.7. The fourth-order valence-corrected chi connectivity index (χ4v) is 5.67. The first-order chi connectivity index (χ1) is 24.1. The highest BCUT2D eigenvalue weighted by molar-refractivity contribution is 5.69. The van der Waals surface area contributed by atoms with Crippen LogP contribution in [-0.2, 0) is 14.3 Å². The van der Waals surface area contributed by atoms with Crippen molar-refractivity contribution in [2.45, 2.75) is 200 Å². The third-order valence-corrected chi connectivity index (χ3v) is 8.66. The van der Waals surface area contributed by atoms with Gasteiger partial charge in [-0.2, -0.15) is 0 Å². The molecule has 0 aromatic rings. The van der Waals surface area contributed by atoms with Gasteiger partial charge >= 0.3 is 11.9 Å². The van der Waals surface area contributed by atoms with Gasteiger partial charge in [0.05, 0.1) is 0 Å². The van der Waals surface area contributed by atoms with Gasteiger partial charge in [0.25, 0.3) is 0 Å². The topological polar surface area (TPSA) is 63.6 Å². The molecule has 4 nitrogen and oxygen atoms in total. The fourth-order valence-electron chi connectivity index (χ4n) is 5.67. The summed E-state index contributed by atoms with van der Waals surface area (Å²) in [5.41, 5.74) is 0. The van der Waals surface area contributed by atoms with Crippen LogP contribution in [0.3, 0.4) is 0 Å². The monoisotopic (exact) mass is 681 g/mol. The van der Waals surface area contributed by atoms with Crippen LogP contribution in [-0.4, -0.2) is 23.1 Å². The van der Waals surface area contributed by atoms with Gasteiger partial charge in [-0.15, -0.1) is 0 Å². The summed E-state index contributed by atoms with van der Waals surface area (Å²) in [6.45, 7) is 4.41. The number of rotatable bonds is 36. The molecule has 0 rings (SSSR count). The highest BCUT2D eigenvalue weighted by Crippen LogP contribution is 2.18. The van der Waals surface area contributed by atoms with Crippen molar-refractivity contribution in [3.05, 3.63) is 72.9 Å². The van der Waals surface area contributed by atoms with E-state index >= 15 is 0 Å². The molecule has 0 saturated carbocycles. The van der Waals surface area contributed by atoms with Crippen LogP contribution in [0.15, 0.2) is 72.9 Å². The average molecular weight is 681 g/mol. The maximum absolute atomic E-state index is 12.7. The standard InChI is InChI=1S/C45H76O4/c1-3-5-7-9-11-13-15-17-19-21-23-25-27-29-34-38-42-45(48)49-43(40-36-32-30-33-37-41-44(46)47)39-35-31-28-26-24-22-20-18-16-14-12-10-8-6-4-2/h6,8,12-15,18-21,24,26,43H,3-5,7,9-11,16-17,22-23,25,27-42H2,1-2H3,(H,46,47)/b8-6-,14-12-,15-13-,20-18-,21-19-,26-24-. The SMILES string of the molecule is CC/C=C\C/C=C\C/C=C\C/C=C\CCCCC(CCCCCCCC(=O)O)OC(=O)CCCCCCC/C=C\C/C=C\CCCCCC. The number of hydrogen-bond acceptors (Lipinski definition) is 3. The van der Waals surface area contributed by atoms with Crippen LogP contribution in [0.4, 0.5) is 0 Å². The second kappa shape index (κ2) is 39.8. The van der Waals surface area contributed by atoms with Gasteiger partial charge in [-0.05, 0) is 109 Å². The molecule has 0 bridgehead atoms. The van der Waals surface area contributed by atoms with E-state index in [0.29, 0.717) is 6.42 Å².